The number of amides is 1. The third-order valence-electron chi connectivity index (χ3n) is 1.96. The van der Waals surface area contributed by atoms with E-state index in [9.17, 15) is 4.79 Å². The van der Waals surface area contributed by atoms with E-state index in [0.29, 0.717) is 6.54 Å². The van der Waals surface area contributed by atoms with Crippen LogP contribution in [0, 0.1) is 0 Å². The Hall–Kier alpha value is -0.940. The van der Waals surface area contributed by atoms with Gasteiger partial charge in [-0.3, -0.25) is 9.78 Å². The molecule has 1 rings (SSSR count). The van der Waals surface area contributed by atoms with Crippen LogP contribution in [0.1, 0.15) is 38.6 Å². The molecule has 1 atom stereocenters. The van der Waals surface area contributed by atoms with Crippen LogP contribution < -0.4 is 10.6 Å². The molecule has 0 fully saturated rings. The first kappa shape index (κ1) is 13.1. The van der Waals surface area contributed by atoms with Gasteiger partial charge in [-0.15, -0.1) is 11.3 Å². The highest BCUT2D eigenvalue weighted by molar-refractivity contribution is 7.09. The minimum absolute atomic E-state index is 0.0175. The Bertz CT molecular complexity index is 329. The fourth-order valence-electron chi connectivity index (χ4n) is 1.25. The van der Waals surface area contributed by atoms with E-state index in [2.05, 4.69) is 15.6 Å². The number of nitrogens with one attached hydrogen (secondary N) is 2. The molecular weight excluding hydrogens is 222 g/mol. The second-order valence-corrected chi connectivity index (χ2v) is 5.72. The maximum atomic E-state index is 11.5. The highest BCUT2D eigenvalue weighted by Crippen LogP contribution is 2.15. The van der Waals surface area contributed by atoms with Crippen molar-refractivity contribution in [3.05, 3.63) is 16.6 Å². The molecule has 0 bridgehead atoms. The summed E-state index contributed by atoms with van der Waals surface area (Å²) in [5, 5.41) is 6.07. The van der Waals surface area contributed by atoms with E-state index >= 15 is 0 Å². The third-order valence-corrected chi connectivity index (χ3v) is 2.92. The van der Waals surface area contributed by atoms with Gasteiger partial charge in [0.05, 0.1) is 12.1 Å². The van der Waals surface area contributed by atoms with Gasteiger partial charge in [-0.05, 0) is 27.7 Å². The standard InChI is InChI=1S/C11H19N3OS/c1-8(9-5-12-7-16-9)13-6-10(15)14-11(2,3)4/h5,7-8,13H,6H2,1-4H3,(H,14,15). The zero-order chi connectivity index (χ0) is 12.2. The van der Waals surface area contributed by atoms with Gasteiger partial charge in [0.1, 0.15) is 0 Å². The van der Waals surface area contributed by atoms with E-state index in [4.69, 9.17) is 0 Å². The number of hydrogen-bond acceptors (Lipinski definition) is 4. The molecule has 1 unspecified atom stereocenters. The van der Waals surface area contributed by atoms with Crippen molar-refractivity contribution < 1.29 is 4.79 Å². The molecule has 0 aliphatic heterocycles. The van der Waals surface area contributed by atoms with Crippen LogP contribution in [0.2, 0.25) is 0 Å². The molecule has 0 saturated carbocycles. The van der Waals surface area contributed by atoms with E-state index in [-0.39, 0.29) is 17.5 Å². The summed E-state index contributed by atoms with van der Waals surface area (Å²) in [6, 6.07) is 0.165. The first-order valence-corrected chi connectivity index (χ1v) is 6.19. The number of carbonyl (C=O) groups is 1. The summed E-state index contributed by atoms with van der Waals surface area (Å²) in [6.07, 6.45) is 1.82. The Balaban J connectivity index is 2.32. The lowest BCUT2D eigenvalue weighted by atomic mass is 10.1. The maximum Gasteiger partial charge on any atom is 0.234 e. The van der Waals surface area contributed by atoms with Crippen LogP contribution in [-0.2, 0) is 4.79 Å². The van der Waals surface area contributed by atoms with Gasteiger partial charge >= 0.3 is 0 Å². The van der Waals surface area contributed by atoms with Gasteiger partial charge in [0.2, 0.25) is 5.91 Å². The van der Waals surface area contributed by atoms with E-state index in [1.165, 1.54) is 0 Å². The largest absolute Gasteiger partial charge is 0.350 e. The quantitative estimate of drug-likeness (QED) is 0.843. The van der Waals surface area contributed by atoms with Crippen LogP contribution in [0.5, 0.6) is 0 Å². The van der Waals surface area contributed by atoms with Crippen LogP contribution in [0.15, 0.2) is 11.7 Å². The Kier molecular flexibility index (Phi) is 4.44. The number of rotatable bonds is 4. The van der Waals surface area contributed by atoms with Crippen molar-refractivity contribution in [2.24, 2.45) is 0 Å². The molecular formula is C11H19N3OS. The monoisotopic (exact) mass is 241 g/mol. The van der Waals surface area contributed by atoms with Gasteiger partial charge in [-0.25, -0.2) is 0 Å². The molecule has 1 amide bonds. The summed E-state index contributed by atoms with van der Waals surface area (Å²) >= 11 is 1.59. The van der Waals surface area contributed by atoms with Crippen LogP contribution in [0.25, 0.3) is 0 Å². The molecule has 16 heavy (non-hydrogen) atoms. The Labute approximate surface area is 100 Å². The molecule has 1 aromatic rings. The van der Waals surface area contributed by atoms with Crippen molar-refractivity contribution >= 4 is 17.2 Å². The minimum atomic E-state index is -0.174. The number of thiazole rings is 1. The van der Waals surface area contributed by atoms with E-state index in [1.807, 2.05) is 33.9 Å². The third kappa shape index (κ3) is 4.72. The minimum Gasteiger partial charge on any atom is -0.350 e. The zero-order valence-electron chi connectivity index (χ0n) is 10.2. The molecule has 0 saturated heterocycles. The van der Waals surface area contributed by atoms with E-state index in [0.717, 1.165) is 4.88 Å². The summed E-state index contributed by atoms with van der Waals surface area (Å²) in [4.78, 5) is 16.7. The molecule has 4 nitrogen and oxygen atoms in total. The van der Waals surface area contributed by atoms with Gasteiger partial charge in [0.25, 0.3) is 0 Å². The lowest BCUT2D eigenvalue weighted by Crippen LogP contribution is -2.45. The van der Waals surface area contributed by atoms with E-state index < -0.39 is 0 Å². The van der Waals surface area contributed by atoms with Gasteiger partial charge in [0.15, 0.2) is 0 Å². The molecule has 0 aliphatic carbocycles. The van der Waals surface area contributed by atoms with Gasteiger partial charge < -0.3 is 10.6 Å². The molecule has 5 heteroatoms. The van der Waals surface area contributed by atoms with E-state index in [1.54, 1.807) is 16.8 Å². The molecule has 1 aromatic heterocycles. The first-order valence-electron chi connectivity index (χ1n) is 5.31. The summed E-state index contributed by atoms with van der Waals surface area (Å²) in [5.41, 5.74) is 1.62. The van der Waals surface area contributed by atoms with Crippen molar-refractivity contribution in [3.8, 4) is 0 Å². The van der Waals surface area contributed by atoms with Gasteiger partial charge in [-0.1, -0.05) is 0 Å². The van der Waals surface area contributed by atoms with Crippen molar-refractivity contribution in [1.29, 1.82) is 0 Å². The van der Waals surface area contributed by atoms with Crippen LogP contribution in [0.4, 0.5) is 0 Å². The van der Waals surface area contributed by atoms with Crippen LogP contribution >= 0.6 is 11.3 Å². The fraction of sp³-hybridized carbons (Fsp3) is 0.636. The topological polar surface area (TPSA) is 54.0 Å². The molecule has 90 valence electrons. The summed E-state index contributed by atoms with van der Waals surface area (Å²) in [7, 11) is 0. The molecule has 0 radical (unpaired) electrons. The molecule has 2 N–H and O–H groups in total. The molecule has 0 spiro atoms. The Morgan fingerprint density at radius 2 is 2.25 bits per heavy atom. The fourth-order valence-corrected chi connectivity index (χ4v) is 1.90. The lowest BCUT2D eigenvalue weighted by Gasteiger charge is -2.21. The smallest absolute Gasteiger partial charge is 0.234 e. The predicted octanol–water partition coefficient (Wildman–Crippen LogP) is 1.71. The van der Waals surface area contributed by atoms with Crippen molar-refractivity contribution in [2.75, 3.05) is 6.54 Å². The summed E-state index contributed by atoms with van der Waals surface area (Å²) in [6.45, 7) is 8.26. The SMILES string of the molecule is CC(NCC(=O)NC(C)(C)C)c1cncs1. The summed E-state index contributed by atoms with van der Waals surface area (Å²) in [5.74, 6) is 0.0175. The van der Waals surface area contributed by atoms with Gasteiger partial charge in [0, 0.05) is 22.7 Å². The predicted molar refractivity (Wildman–Crippen MR) is 66.4 cm³/mol. The summed E-state index contributed by atoms with van der Waals surface area (Å²) < 4.78 is 0. The lowest BCUT2D eigenvalue weighted by molar-refractivity contribution is -0.121. The molecule has 0 aliphatic rings. The molecule has 0 aromatic carbocycles. The number of nitrogens with zero attached hydrogens (tertiary/aromatic N) is 1. The highest BCUT2D eigenvalue weighted by Gasteiger charge is 2.14. The Morgan fingerprint density at radius 3 is 2.75 bits per heavy atom. The normalized spacial score (nSPS) is 13.5. The van der Waals surface area contributed by atoms with Crippen LogP contribution in [0.3, 0.4) is 0 Å². The Morgan fingerprint density at radius 1 is 1.56 bits per heavy atom. The van der Waals surface area contributed by atoms with Gasteiger partial charge in [-0.2, -0.15) is 0 Å². The number of aromatic nitrogens is 1. The van der Waals surface area contributed by atoms with Crippen molar-refractivity contribution in [1.82, 2.24) is 15.6 Å². The second-order valence-electron chi connectivity index (χ2n) is 4.80. The second kappa shape index (κ2) is 5.41. The maximum absolute atomic E-state index is 11.5. The van der Waals surface area contributed by atoms with Crippen molar-refractivity contribution in [2.45, 2.75) is 39.3 Å². The average molecular weight is 241 g/mol. The zero-order valence-corrected chi connectivity index (χ0v) is 11.0. The first-order chi connectivity index (χ1) is 7.38. The number of hydrogen-bond donors (Lipinski definition) is 2. The average Bonchev–Trinajstić information content (AvgIpc) is 2.64. The van der Waals surface area contributed by atoms with Crippen LogP contribution in [-0.4, -0.2) is 23.0 Å². The number of carbonyl (C=O) groups excluding carboxylic acids is 1. The molecule has 1 heterocycles. The highest BCUT2D eigenvalue weighted by atomic mass is 32.1. The van der Waals surface area contributed by atoms with Crippen molar-refractivity contribution in [3.63, 3.8) is 0 Å².